The van der Waals surface area contributed by atoms with Crippen molar-refractivity contribution in [2.24, 2.45) is 11.8 Å². The molecule has 0 bridgehead atoms. The Morgan fingerprint density at radius 3 is 2.79 bits per heavy atom. The van der Waals surface area contributed by atoms with Crippen molar-refractivity contribution in [2.45, 2.75) is 44.9 Å². The minimum atomic E-state index is -0.798. The van der Waals surface area contributed by atoms with Gasteiger partial charge in [0, 0.05) is 19.0 Å². The van der Waals surface area contributed by atoms with Crippen LogP contribution in [0.2, 0.25) is 0 Å². The third kappa shape index (κ3) is 4.44. The zero-order valence-corrected chi connectivity index (χ0v) is 15.9. The van der Waals surface area contributed by atoms with Gasteiger partial charge < -0.3 is 10.6 Å². The van der Waals surface area contributed by atoms with Gasteiger partial charge in [0.15, 0.2) is 0 Å². The zero-order chi connectivity index (χ0) is 20.4. The second-order valence-electron chi connectivity index (χ2n) is 7.82. The van der Waals surface area contributed by atoms with Gasteiger partial charge in [-0.05, 0) is 30.4 Å². The van der Waals surface area contributed by atoms with Crippen LogP contribution < -0.4 is 10.6 Å². The number of hydrogen-bond donors (Lipinski definition) is 3. The summed E-state index contributed by atoms with van der Waals surface area (Å²) >= 11 is 0. The average Bonchev–Trinajstić information content (AvgIpc) is 3.33. The van der Waals surface area contributed by atoms with Gasteiger partial charge in [-0.3, -0.25) is 14.7 Å². The number of aromatic amines is 1. The Hall–Kier alpha value is -2.84. The van der Waals surface area contributed by atoms with E-state index in [9.17, 15) is 18.4 Å². The molecule has 2 aliphatic rings. The number of hydrogen-bond acceptors (Lipinski definition) is 4. The van der Waals surface area contributed by atoms with Crippen LogP contribution in [0, 0.1) is 23.5 Å². The lowest BCUT2D eigenvalue weighted by molar-refractivity contribution is -0.119. The van der Waals surface area contributed by atoms with Crippen molar-refractivity contribution >= 4 is 17.5 Å². The van der Waals surface area contributed by atoms with Gasteiger partial charge in [0.05, 0.1) is 11.6 Å². The Balaban J connectivity index is 1.34. The molecule has 1 aromatic heterocycles. The summed E-state index contributed by atoms with van der Waals surface area (Å²) < 4.78 is 27.4. The van der Waals surface area contributed by atoms with Crippen LogP contribution in [0.3, 0.4) is 0 Å². The van der Waals surface area contributed by atoms with Crippen LogP contribution in [0.15, 0.2) is 12.1 Å². The van der Waals surface area contributed by atoms with Gasteiger partial charge in [0.25, 0.3) is 5.91 Å². The maximum absolute atomic E-state index is 14.0. The van der Waals surface area contributed by atoms with Gasteiger partial charge in [0.1, 0.15) is 17.5 Å². The Morgan fingerprint density at radius 2 is 2.00 bits per heavy atom. The predicted octanol–water partition coefficient (Wildman–Crippen LogP) is 2.75. The summed E-state index contributed by atoms with van der Waals surface area (Å²) in [4.78, 5) is 29.0. The van der Waals surface area contributed by atoms with Gasteiger partial charge in [0.2, 0.25) is 11.7 Å². The molecule has 0 radical (unpaired) electrons. The van der Waals surface area contributed by atoms with Crippen molar-refractivity contribution in [1.82, 2.24) is 20.5 Å². The molecule has 1 fully saturated rings. The molecule has 1 saturated carbocycles. The molecular formula is C20H23F2N5O2. The zero-order valence-electron chi connectivity index (χ0n) is 15.9. The smallest absolute Gasteiger partial charge is 0.290 e. The van der Waals surface area contributed by atoms with Crippen molar-refractivity contribution in [3.05, 3.63) is 41.0 Å². The number of benzene rings is 1. The van der Waals surface area contributed by atoms with E-state index in [-0.39, 0.29) is 18.1 Å². The summed E-state index contributed by atoms with van der Waals surface area (Å²) in [7, 11) is 0. The predicted molar refractivity (Wildman–Crippen MR) is 101 cm³/mol. The normalized spacial score (nSPS) is 19.5. The first kappa shape index (κ1) is 19.5. The number of nitrogens with zero attached hydrogens (tertiary/aromatic N) is 2. The molecule has 2 amide bonds. The lowest BCUT2D eigenvalue weighted by Gasteiger charge is -2.13. The Labute approximate surface area is 166 Å². The van der Waals surface area contributed by atoms with Crippen molar-refractivity contribution in [2.75, 3.05) is 11.9 Å². The number of carbonyl (C=O) groups excluding carboxylic acids is 2. The number of aromatic nitrogens is 3. The summed E-state index contributed by atoms with van der Waals surface area (Å²) in [6, 6.07) is 1.97. The maximum Gasteiger partial charge on any atom is 0.290 e. The number of anilines is 1. The number of halogens is 2. The molecule has 9 heteroatoms. The van der Waals surface area contributed by atoms with E-state index in [1.54, 1.807) is 0 Å². The van der Waals surface area contributed by atoms with Gasteiger partial charge in [-0.2, -0.15) is 0 Å². The number of fused-ring (bicyclic) bond motifs is 1. The fourth-order valence-corrected chi connectivity index (χ4v) is 4.12. The van der Waals surface area contributed by atoms with E-state index < -0.39 is 29.4 Å². The fourth-order valence-electron chi connectivity index (χ4n) is 4.12. The average molecular weight is 403 g/mol. The highest BCUT2D eigenvalue weighted by Gasteiger charge is 2.27. The number of H-pyrrole nitrogens is 1. The van der Waals surface area contributed by atoms with Crippen LogP contribution in [0.4, 0.5) is 14.5 Å². The molecule has 0 spiro atoms. The van der Waals surface area contributed by atoms with Crippen LogP contribution in [-0.2, 0) is 17.6 Å². The third-order valence-corrected chi connectivity index (χ3v) is 5.72. The first-order valence-electron chi connectivity index (χ1n) is 9.98. The molecule has 1 aliphatic carbocycles. The highest BCUT2D eigenvalue weighted by molar-refractivity contribution is 5.95. The molecule has 29 heavy (non-hydrogen) atoms. The Morgan fingerprint density at radius 1 is 1.21 bits per heavy atom. The Bertz CT molecular complexity index is 924. The number of rotatable bonds is 5. The molecule has 1 aliphatic heterocycles. The van der Waals surface area contributed by atoms with Crippen molar-refractivity contribution in [1.29, 1.82) is 0 Å². The number of nitrogens with one attached hydrogen (secondary N) is 3. The molecule has 1 atom stereocenters. The van der Waals surface area contributed by atoms with Crippen molar-refractivity contribution in [3.8, 4) is 0 Å². The van der Waals surface area contributed by atoms with Crippen molar-refractivity contribution in [3.63, 3.8) is 0 Å². The minimum Gasteiger partial charge on any atom is -0.348 e. The fraction of sp³-hybridized carbons (Fsp3) is 0.500. The van der Waals surface area contributed by atoms with E-state index in [0.29, 0.717) is 30.1 Å². The van der Waals surface area contributed by atoms with E-state index in [2.05, 4.69) is 25.8 Å². The van der Waals surface area contributed by atoms with Crippen LogP contribution in [0.25, 0.3) is 0 Å². The summed E-state index contributed by atoms with van der Waals surface area (Å²) in [5, 5.41) is 12.0. The first-order valence-corrected chi connectivity index (χ1v) is 9.98. The second kappa shape index (κ2) is 8.26. The summed E-state index contributed by atoms with van der Waals surface area (Å²) in [6.07, 6.45) is 6.29. The van der Waals surface area contributed by atoms with Gasteiger partial charge in [-0.25, -0.2) is 13.8 Å². The highest BCUT2D eigenvalue weighted by atomic mass is 19.1. The maximum atomic E-state index is 14.0. The van der Waals surface area contributed by atoms with Crippen LogP contribution >= 0.6 is 0 Å². The van der Waals surface area contributed by atoms with Crippen LogP contribution in [0.5, 0.6) is 0 Å². The minimum absolute atomic E-state index is 0.00995. The number of aryl methyl sites for hydroxylation is 1. The highest BCUT2D eigenvalue weighted by Crippen LogP contribution is 2.28. The quantitative estimate of drug-likeness (QED) is 0.715. The third-order valence-electron chi connectivity index (χ3n) is 5.72. The molecule has 2 heterocycles. The summed E-state index contributed by atoms with van der Waals surface area (Å²) in [5.74, 6) is -1.59. The lowest BCUT2D eigenvalue weighted by atomic mass is 10.0. The lowest BCUT2D eigenvalue weighted by Crippen LogP contribution is -2.35. The van der Waals surface area contributed by atoms with E-state index in [4.69, 9.17) is 0 Å². The van der Waals surface area contributed by atoms with Crippen LogP contribution in [-0.4, -0.2) is 33.5 Å². The second-order valence-corrected chi connectivity index (χ2v) is 7.82. The number of amides is 2. The first-order chi connectivity index (χ1) is 14.0. The molecule has 7 nitrogen and oxygen atoms in total. The molecule has 154 valence electrons. The largest absolute Gasteiger partial charge is 0.348 e. The summed E-state index contributed by atoms with van der Waals surface area (Å²) in [6.45, 7) is 0.0647. The van der Waals surface area contributed by atoms with E-state index in [0.717, 1.165) is 12.5 Å². The summed E-state index contributed by atoms with van der Waals surface area (Å²) in [5.41, 5.74) is 0.422. The van der Waals surface area contributed by atoms with Gasteiger partial charge in [-0.1, -0.05) is 25.7 Å². The molecular weight excluding hydrogens is 380 g/mol. The molecule has 3 N–H and O–H groups in total. The topological polar surface area (TPSA) is 99.8 Å². The molecule has 1 unspecified atom stereocenters. The van der Waals surface area contributed by atoms with Crippen molar-refractivity contribution < 1.29 is 18.4 Å². The van der Waals surface area contributed by atoms with E-state index in [1.807, 2.05) is 0 Å². The molecule has 2 aromatic rings. The Kier molecular flexibility index (Phi) is 5.55. The van der Waals surface area contributed by atoms with Gasteiger partial charge >= 0.3 is 0 Å². The molecule has 1 aromatic carbocycles. The monoisotopic (exact) mass is 403 g/mol. The van der Waals surface area contributed by atoms with Crippen LogP contribution in [0.1, 0.15) is 54.1 Å². The van der Waals surface area contributed by atoms with Gasteiger partial charge in [-0.15, -0.1) is 5.10 Å². The molecule has 4 rings (SSSR count). The standard InChI is InChI=1S/C20H23F2N5O2/c21-14-8-12-5-6-13(19(28)25-17(12)15(22)9-14)10-23-20(29)18-24-16(26-27-18)7-11-3-1-2-4-11/h8-9,11,13H,1-7,10H2,(H,23,29)(H,25,28)(H,24,26,27). The van der Waals surface area contributed by atoms with E-state index in [1.165, 1.54) is 31.7 Å². The molecule has 0 saturated heterocycles. The SMILES string of the molecule is O=C(NCC1CCc2cc(F)cc(F)c2NC1=O)c1n[nH]c(CC2CCCC2)n1. The number of carbonyl (C=O) groups is 2. The van der Waals surface area contributed by atoms with E-state index >= 15 is 0 Å².